The Kier molecular flexibility index (Phi) is 7.94. The van der Waals surface area contributed by atoms with E-state index in [0.29, 0.717) is 11.7 Å². The maximum Gasteiger partial charge on any atom is 0.267 e. The highest BCUT2D eigenvalue weighted by molar-refractivity contribution is 6.57. The van der Waals surface area contributed by atoms with Crippen molar-refractivity contribution in [2.75, 3.05) is 4.90 Å². The lowest BCUT2D eigenvalue weighted by Crippen LogP contribution is -2.29. The van der Waals surface area contributed by atoms with E-state index < -0.39 is 17.6 Å². The molecule has 0 unspecified atom stereocenters. The average Bonchev–Trinajstić information content (AvgIpc) is 3.20. The molecule has 0 saturated heterocycles. The van der Waals surface area contributed by atoms with Gasteiger partial charge in [0.2, 0.25) is 0 Å². The van der Waals surface area contributed by atoms with E-state index in [1.807, 2.05) is 0 Å². The summed E-state index contributed by atoms with van der Waals surface area (Å²) in [6.45, 7) is 0. The van der Waals surface area contributed by atoms with Gasteiger partial charge < -0.3 is 5.11 Å². The normalized spacial score (nSPS) is 13.4. The van der Waals surface area contributed by atoms with E-state index in [4.69, 9.17) is 92.8 Å². The molecule has 0 fully saturated rings. The van der Waals surface area contributed by atoms with Gasteiger partial charge in [0.1, 0.15) is 5.76 Å². The molecule has 0 bridgehead atoms. The number of imide groups is 1. The number of carbonyl (C=O) groups is 3. The highest BCUT2D eigenvalue weighted by Gasteiger charge is 2.43. The number of aromatic nitrogens is 1. The summed E-state index contributed by atoms with van der Waals surface area (Å²) in [5, 5.41) is 10.0. The van der Waals surface area contributed by atoms with Crippen LogP contribution in [-0.4, -0.2) is 28.2 Å². The molecule has 1 aliphatic heterocycles. The molecule has 0 radical (unpaired) electrons. The van der Waals surface area contributed by atoms with Gasteiger partial charge in [-0.05, 0) is 12.1 Å². The SMILES string of the molecule is O=Cc1c(Cl)c(Cl)c(Cl)c(Cl)c1C(O)=Cc1ccc2cccc(N3C(=O)c4c(Cl)c(Cl)c(Cl)c(Cl)c4C3=O)c2n1. The van der Waals surface area contributed by atoms with Crippen LogP contribution < -0.4 is 4.90 Å². The number of carbonyl (C=O) groups excluding carboxylic acids is 3. The number of benzene rings is 3. The van der Waals surface area contributed by atoms with Crippen LogP contribution in [0.1, 0.15) is 42.3 Å². The van der Waals surface area contributed by atoms with E-state index in [0.717, 1.165) is 4.90 Å². The van der Waals surface area contributed by atoms with Gasteiger partial charge in [-0.2, -0.15) is 0 Å². The number of aliphatic hydroxyl groups is 1. The van der Waals surface area contributed by atoms with Gasteiger partial charge >= 0.3 is 0 Å². The van der Waals surface area contributed by atoms with Crippen LogP contribution >= 0.6 is 92.8 Å². The van der Waals surface area contributed by atoms with Crippen molar-refractivity contribution in [3.05, 3.63) is 98.5 Å². The maximum atomic E-state index is 13.4. The Labute approximate surface area is 265 Å². The lowest BCUT2D eigenvalue weighted by Gasteiger charge is -2.16. The van der Waals surface area contributed by atoms with Crippen LogP contribution in [-0.2, 0) is 0 Å². The first kappa shape index (κ1) is 29.2. The Morgan fingerprint density at radius 1 is 0.725 bits per heavy atom. The zero-order valence-electron chi connectivity index (χ0n) is 19.1. The van der Waals surface area contributed by atoms with Gasteiger partial charge in [0.25, 0.3) is 11.8 Å². The summed E-state index contributed by atoms with van der Waals surface area (Å²) in [7, 11) is 0. The van der Waals surface area contributed by atoms with Gasteiger partial charge in [-0.3, -0.25) is 14.4 Å². The Hall–Kier alpha value is -2.26. The molecule has 40 heavy (non-hydrogen) atoms. The summed E-state index contributed by atoms with van der Waals surface area (Å²) in [5.41, 5.74) is -0.267. The van der Waals surface area contributed by atoms with E-state index in [1.54, 1.807) is 24.3 Å². The summed E-state index contributed by atoms with van der Waals surface area (Å²) in [6.07, 6.45) is 1.57. The number of aldehydes is 1. The molecule has 5 rings (SSSR count). The van der Waals surface area contributed by atoms with Crippen LogP contribution in [0.15, 0.2) is 30.3 Å². The Bertz CT molecular complexity index is 1830. The fourth-order valence-corrected chi connectivity index (χ4v) is 6.22. The Morgan fingerprint density at radius 3 is 1.85 bits per heavy atom. The summed E-state index contributed by atoms with van der Waals surface area (Å²) >= 11 is 49.3. The van der Waals surface area contributed by atoms with Gasteiger partial charge in [-0.1, -0.05) is 111 Å². The van der Waals surface area contributed by atoms with Gasteiger partial charge in [0.15, 0.2) is 6.29 Å². The number of nitrogens with zero attached hydrogens (tertiary/aromatic N) is 2. The van der Waals surface area contributed by atoms with E-state index in [2.05, 4.69) is 4.98 Å². The van der Waals surface area contributed by atoms with Crippen LogP contribution in [0.2, 0.25) is 40.2 Å². The van der Waals surface area contributed by atoms with Crippen LogP contribution in [0.3, 0.4) is 0 Å². The number of halogens is 8. The maximum absolute atomic E-state index is 13.4. The summed E-state index contributed by atoms with van der Waals surface area (Å²) in [5.74, 6) is -2.06. The van der Waals surface area contributed by atoms with Gasteiger partial charge in [0, 0.05) is 22.6 Å². The van der Waals surface area contributed by atoms with Crippen LogP contribution in [0.5, 0.6) is 0 Å². The predicted molar refractivity (Wildman–Crippen MR) is 162 cm³/mol. The largest absolute Gasteiger partial charge is 0.507 e. The van der Waals surface area contributed by atoms with Gasteiger partial charge in [-0.25, -0.2) is 9.88 Å². The molecule has 6 nitrogen and oxygen atoms in total. The third-order valence-corrected chi connectivity index (χ3v) is 9.64. The lowest BCUT2D eigenvalue weighted by molar-refractivity contribution is 0.0926. The molecule has 0 atom stereocenters. The number of aliphatic hydroxyl groups excluding tert-OH is 1. The fourth-order valence-electron chi connectivity index (χ4n) is 4.20. The Balaban J connectivity index is 1.67. The minimum Gasteiger partial charge on any atom is -0.507 e. The zero-order valence-corrected chi connectivity index (χ0v) is 25.2. The highest BCUT2D eigenvalue weighted by Crippen LogP contribution is 2.47. The van der Waals surface area contributed by atoms with Crippen molar-refractivity contribution >= 4 is 139 Å². The second-order valence-corrected chi connectivity index (χ2v) is 11.3. The second-order valence-electron chi connectivity index (χ2n) is 8.23. The van der Waals surface area contributed by atoms with Crippen molar-refractivity contribution in [3.63, 3.8) is 0 Å². The molecule has 2 amide bonds. The predicted octanol–water partition coefficient (Wildman–Crippen LogP) is 10.1. The molecular formula is C26H8Cl8N2O4. The minimum atomic E-state index is -0.781. The molecule has 3 aromatic carbocycles. The quantitative estimate of drug-likeness (QED) is 0.0755. The standard InChI is InChI=1S/C26H8Cl8N2O4/c27-16-10(7-37)13(17(28)21(32)20(16)31)12(38)6-9-5-4-8-2-1-3-11(24(8)35-9)36-25(39)14-15(26(36)40)19(30)23(34)22(33)18(14)29/h1-7,38H. The van der Waals surface area contributed by atoms with Crippen molar-refractivity contribution in [2.24, 2.45) is 0 Å². The van der Waals surface area contributed by atoms with Crippen molar-refractivity contribution in [1.29, 1.82) is 0 Å². The number of fused-ring (bicyclic) bond motifs is 2. The van der Waals surface area contributed by atoms with Gasteiger partial charge in [0.05, 0.1) is 68.2 Å². The number of pyridine rings is 1. The average molecular weight is 696 g/mol. The van der Waals surface area contributed by atoms with Crippen LogP contribution in [0.4, 0.5) is 5.69 Å². The van der Waals surface area contributed by atoms with E-state index in [9.17, 15) is 19.5 Å². The molecule has 0 saturated carbocycles. The molecule has 2 heterocycles. The lowest BCUT2D eigenvalue weighted by atomic mass is 10.0. The smallest absolute Gasteiger partial charge is 0.267 e. The van der Waals surface area contributed by atoms with Crippen LogP contribution in [0, 0.1) is 0 Å². The van der Waals surface area contributed by atoms with Crippen molar-refractivity contribution in [2.45, 2.75) is 0 Å². The van der Waals surface area contributed by atoms with Gasteiger partial charge in [-0.15, -0.1) is 0 Å². The number of hydrogen-bond acceptors (Lipinski definition) is 5. The molecular weight excluding hydrogens is 688 g/mol. The molecule has 202 valence electrons. The molecule has 1 aromatic heterocycles. The number of anilines is 1. The summed E-state index contributed by atoms with van der Waals surface area (Å²) < 4.78 is 0. The topological polar surface area (TPSA) is 87.6 Å². The highest BCUT2D eigenvalue weighted by atomic mass is 35.5. The van der Waals surface area contributed by atoms with Crippen LogP contribution in [0.25, 0.3) is 22.7 Å². The van der Waals surface area contributed by atoms with E-state index >= 15 is 0 Å². The summed E-state index contributed by atoms with van der Waals surface area (Å²) in [4.78, 5) is 44.0. The van der Waals surface area contributed by atoms with Crippen molar-refractivity contribution in [1.82, 2.24) is 4.98 Å². The molecule has 0 spiro atoms. The first-order chi connectivity index (χ1) is 18.9. The first-order valence-electron chi connectivity index (χ1n) is 10.8. The third-order valence-electron chi connectivity index (χ3n) is 6.02. The zero-order chi connectivity index (χ0) is 29.2. The molecule has 14 heteroatoms. The van der Waals surface area contributed by atoms with Crippen molar-refractivity contribution in [3.8, 4) is 0 Å². The molecule has 0 aliphatic carbocycles. The number of para-hydroxylation sites is 1. The monoisotopic (exact) mass is 692 g/mol. The minimum absolute atomic E-state index is 0.0991. The van der Waals surface area contributed by atoms with E-state index in [1.165, 1.54) is 12.1 Å². The first-order valence-corrected chi connectivity index (χ1v) is 13.8. The third kappa shape index (κ3) is 4.42. The van der Waals surface area contributed by atoms with E-state index in [-0.39, 0.29) is 79.3 Å². The molecule has 1 aliphatic rings. The van der Waals surface area contributed by atoms with Crippen molar-refractivity contribution < 1.29 is 19.5 Å². The molecule has 1 N–H and O–H groups in total. The Morgan fingerprint density at radius 2 is 1.27 bits per heavy atom. The fraction of sp³-hybridized carbons (Fsp3) is 0. The molecule has 4 aromatic rings. The second kappa shape index (κ2) is 10.9. The number of rotatable bonds is 4. The number of hydrogen-bond donors (Lipinski definition) is 1. The number of amides is 2. The summed E-state index contributed by atoms with van der Waals surface area (Å²) in [6, 6.07) is 8.00.